The van der Waals surface area contributed by atoms with Crippen LogP contribution in [-0.2, 0) is 25.6 Å². The Labute approximate surface area is 187 Å². The van der Waals surface area contributed by atoms with Crippen molar-refractivity contribution in [2.75, 3.05) is 13.1 Å². The van der Waals surface area contributed by atoms with Crippen molar-refractivity contribution in [3.8, 4) is 0 Å². The predicted molar refractivity (Wildman–Crippen MR) is 116 cm³/mol. The van der Waals surface area contributed by atoms with Gasteiger partial charge in [0.15, 0.2) is 0 Å². The Morgan fingerprint density at radius 2 is 1.84 bits per heavy atom. The van der Waals surface area contributed by atoms with Gasteiger partial charge in [0.05, 0.1) is 12.1 Å². The van der Waals surface area contributed by atoms with E-state index in [0.29, 0.717) is 38.8 Å². The van der Waals surface area contributed by atoms with Gasteiger partial charge in [-0.05, 0) is 44.1 Å². The highest BCUT2D eigenvalue weighted by Crippen LogP contribution is 2.36. The molecule has 2 amide bonds. The number of carboxylic acid groups (broad SMARTS) is 2. The number of carboxylic acids is 2. The summed E-state index contributed by atoms with van der Waals surface area (Å²) in [6, 6.07) is 6.32. The molecular formula is C23H31N3O6. The first-order chi connectivity index (χ1) is 15.2. The summed E-state index contributed by atoms with van der Waals surface area (Å²) in [6.07, 6.45) is 1.82. The second-order valence-electron chi connectivity index (χ2n) is 8.72. The van der Waals surface area contributed by atoms with Crippen molar-refractivity contribution in [2.45, 2.75) is 63.7 Å². The lowest BCUT2D eigenvalue weighted by molar-refractivity contribution is -0.152. The molecule has 2 aliphatic heterocycles. The summed E-state index contributed by atoms with van der Waals surface area (Å²) in [4.78, 5) is 51.9. The zero-order chi connectivity index (χ0) is 23.4. The quantitative estimate of drug-likeness (QED) is 0.544. The second kappa shape index (κ2) is 10.1. The molecular weight excluding hydrogens is 414 g/mol. The van der Waals surface area contributed by atoms with E-state index in [2.05, 4.69) is 5.32 Å². The van der Waals surface area contributed by atoms with Crippen molar-refractivity contribution in [2.24, 2.45) is 5.92 Å². The fourth-order valence-electron chi connectivity index (χ4n) is 4.85. The van der Waals surface area contributed by atoms with Gasteiger partial charge in [-0.25, -0.2) is 4.79 Å². The summed E-state index contributed by atoms with van der Waals surface area (Å²) < 4.78 is 0. The zero-order valence-corrected chi connectivity index (χ0v) is 18.4. The SMILES string of the molecule is CC(=O)N1CC[C@@H]2C[C@H](C(=O)O)N(C(=O)[C@H](C)N[C@H](CCc3ccccc3)C(=O)O)[C@H]2C1. The Bertz CT molecular complexity index is 861. The zero-order valence-electron chi connectivity index (χ0n) is 18.4. The molecule has 2 heterocycles. The average Bonchev–Trinajstić information content (AvgIpc) is 3.15. The van der Waals surface area contributed by atoms with Crippen LogP contribution >= 0.6 is 0 Å². The number of aryl methyl sites for hydroxylation is 1. The van der Waals surface area contributed by atoms with Gasteiger partial charge in [-0.3, -0.25) is 19.7 Å². The lowest BCUT2D eigenvalue weighted by Crippen LogP contribution is -2.58. The molecule has 9 heteroatoms. The summed E-state index contributed by atoms with van der Waals surface area (Å²) in [5, 5.41) is 22.3. The van der Waals surface area contributed by atoms with E-state index in [1.54, 1.807) is 11.8 Å². The predicted octanol–water partition coefficient (Wildman–Crippen LogP) is 0.973. The Kier molecular flexibility index (Phi) is 7.50. The van der Waals surface area contributed by atoms with E-state index in [0.717, 1.165) is 5.56 Å². The normalized spacial score (nSPS) is 24.5. The van der Waals surface area contributed by atoms with Crippen LogP contribution < -0.4 is 5.32 Å². The van der Waals surface area contributed by atoms with Crippen LogP contribution in [0, 0.1) is 5.92 Å². The van der Waals surface area contributed by atoms with Crippen molar-refractivity contribution >= 4 is 23.8 Å². The summed E-state index contributed by atoms with van der Waals surface area (Å²) >= 11 is 0. The minimum absolute atomic E-state index is 0.0104. The molecule has 0 aliphatic carbocycles. The third-order valence-electron chi connectivity index (χ3n) is 6.61. The fourth-order valence-corrected chi connectivity index (χ4v) is 4.85. The van der Waals surface area contributed by atoms with E-state index in [-0.39, 0.29) is 17.9 Å². The molecule has 2 fully saturated rings. The Morgan fingerprint density at radius 1 is 1.16 bits per heavy atom. The molecule has 1 aromatic rings. The van der Waals surface area contributed by atoms with E-state index < -0.39 is 36.0 Å². The smallest absolute Gasteiger partial charge is 0.326 e. The third kappa shape index (κ3) is 5.27. The van der Waals surface area contributed by atoms with Crippen LogP contribution in [0.15, 0.2) is 30.3 Å². The molecule has 0 unspecified atom stereocenters. The summed E-state index contributed by atoms with van der Waals surface area (Å²) in [7, 11) is 0. The number of carbonyl (C=O) groups is 4. The number of nitrogens with one attached hydrogen (secondary N) is 1. The van der Waals surface area contributed by atoms with E-state index in [1.807, 2.05) is 30.3 Å². The van der Waals surface area contributed by atoms with Crippen molar-refractivity contribution < 1.29 is 29.4 Å². The first kappa shape index (κ1) is 23.7. The van der Waals surface area contributed by atoms with E-state index >= 15 is 0 Å². The van der Waals surface area contributed by atoms with Crippen LogP contribution in [0.4, 0.5) is 0 Å². The van der Waals surface area contributed by atoms with Crippen LogP contribution in [0.25, 0.3) is 0 Å². The molecule has 0 saturated carbocycles. The first-order valence-corrected chi connectivity index (χ1v) is 11.0. The van der Waals surface area contributed by atoms with Gasteiger partial charge in [0.2, 0.25) is 11.8 Å². The topological polar surface area (TPSA) is 127 Å². The molecule has 0 radical (unpaired) electrons. The molecule has 0 spiro atoms. The van der Waals surface area contributed by atoms with Gasteiger partial charge in [-0.1, -0.05) is 30.3 Å². The molecule has 9 nitrogen and oxygen atoms in total. The molecule has 5 atom stereocenters. The summed E-state index contributed by atoms with van der Waals surface area (Å²) in [6.45, 7) is 3.89. The maximum atomic E-state index is 13.3. The number of amides is 2. The number of fused-ring (bicyclic) bond motifs is 1. The maximum absolute atomic E-state index is 13.3. The first-order valence-electron chi connectivity index (χ1n) is 11.0. The highest BCUT2D eigenvalue weighted by Gasteiger charge is 2.50. The van der Waals surface area contributed by atoms with Crippen molar-refractivity contribution in [3.05, 3.63) is 35.9 Å². The largest absolute Gasteiger partial charge is 0.480 e. The molecule has 2 aliphatic rings. The fraction of sp³-hybridized carbons (Fsp3) is 0.565. The van der Waals surface area contributed by atoms with Gasteiger partial charge in [0, 0.05) is 20.0 Å². The minimum atomic E-state index is -1.08. The Morgan fingerprint density at radius 3 is 2.44 bits per heavy atom. The molecule has 0 aromatic heterocycles. The number of hydrogen-bond donors (Lipinski definition) is 3. The molecule has 0 bridgehead atoms. The minimum Gasteiger partial charge on any atom is -0.480 e. The van der Waals surface area contributed by atoms with Crippen molar-refractivity contribution in [3.63, 3.8) is 0 Å². The molecule has 32 heavy (non-hydrogen) atoms. The monoisotopic (exact) mass is 445 g/mol. The van der Waals surface area contributed by atoms with E-state index in [4.69, 9.17) is 0 Å². The number of piperidine rings is 1. The Balaban J connectivity index is 1.71. The van der Waals surface area contributed by atoms with Gasteiger partial charge in [0.25, 0.3) is 0 Å². The van der Waals surface area contributed by atoms with Gasteiger partial charge in [0.1, 0.15) is 12.1 Å². The number of aliphatic carboxylic acids is 2. The van der Waals surface area contributed by atoms with Crippen LogP contribution in [0.2, 0.25) is 0 Å². The number of likely N-dealkylation sites (tertiary alicyclic amines) is 2. The highest BCUT2D eigenvalue weighted by atomic mass is 16.4. The van der Waals surface area contributed by atoms with Gasteiger partial charge >= 0.3 is 11.9 Å². The molecule has 174 valence electrons. The molecule has 3 rings (SSSR count). The standard InChI is InChI=1S/C23H31N3O6/c1-14(24-18(22(29)30)9-8-16-6-4-3-5-7-16)21(28)26-19(23(31)32)12-17-10-11-25(15(2)27)13-20(17)26/h3-7,14,17-20,24H,8-13H2,1-2H3,(H,29,30)(H,31,32)/t14-,17+,18+,19+,20-/m0/s1. The number of benzene rings is 1. The van der Waals surface area contributed by atoms with Gasteiger partial charge < -0.3 is 20.0 Å². The van der Waals surface area contributed by atoms with Crippen LogP contribution in [0.3, 0.4) is 0 Å². The summed E-state index contributed by atoms with van der Waals surface area (Å²) in [5.41, 5.74) is 0.999. The summed E-state index contributed by atoms with van der Waals surface area (Å²) in [5.74, 6) is -2.67. The van der Waals surface area contributed by atoms with Crippen LogP contribution in [0.5, 0.6) is 0 Å². The number of carbonyl (C=O) groups excluding carboxylic acids is 2. The van der Waals surface area contributed by atoms with Crippen LogP contribution in [0.1, 0.15) is 38.7 Å². The van der Waals surface area contributed by atoms with E-state index in [9.17, 15) is 29.4 Å². The second-order valence-corrected chi connectivity index (χ2v) is 8.72. The van der Waals surface area contributed by atoms with Crippen LogP contribution in [-0.4, -0.2) is 81.0 Å². The number of rotatable bonds is 8. The third-order valence-corrected chi connectivity index (χ3v) is 6.61. The van der Waals surface area contributed by atoms with Gasteiger partial charge in [-0.15, -0.1) is 0 Å². The lowest BCUT2D eigenvalue weighted by atomic mass is 9.91. The van der Waals surface area contributed by atoms with E-state index in [1.165, 1.54) is 11.8 Å². The lowest BCUT2D eigenvalue weighted by Gasteiger charge is -2.39. The average molecular weight is 446 g/mol. The Hall–Kier alpha value is -2.94. The number of hydrogen-bond acceptors (Lipinski definition) is 5. The molecule has 3 N–H and O–H groups in total. The highest BCUT2D eigenvalue weighted by molar-refractivity contribution is 5.88. The van der Waals surface area contributed by atoms with Crippen molar-refractivity contribution in [1.29, 1.82) is 0 Å². The maximum Gasteiger partial charge on any atom is 0.326 e. The molecule has 2 saturated heterocycles. The number of nitrogens with zero attached hydrogens (tertiary/aromatic N) is 2. The molecule has 1 aromatic carbocycles. The van der Waals surface area contributed by atoms with Gasteiger partial charge in [-0.2, -0.15) is 0 Å². The van der Waals surface area contributed by atoms with Crippen molar-refractivity contribution in [1.82, 2.24) is 15.1 Å².